The van der Waals surface area contributed by atoms with Gasteiger partial charge in [-0.2, -0.15) is 0 Å². The summed E-state index contributed by atoms with van der Waals surface area (Å²) in [5.74, 6) is -6.26. The number of carbonyl (C=O) groups is 4. The molecule has 0 radical (unpaired) electrons. The number of ether oxygens (including phenoxy) is 2. The number of allylic oxidation sites excluding steroid dienone is 4. The molecule has 218 valence electrons. The lowest BCUT2D eigenvalue weighted by Crippen LogP contribution is -2.35. The average Bonchev–Trinajstić information content (AvgIpc) is 2.98. The van der Waals surface area contributed by atoms with E-state index in [-0.39, 0.29) is 37.2 Å². The molecular formula is C34H34O8. The van der Waals surface area contributed by atoms with Gasteiger partial charge >= 0.3 is 23.9 Å². The van der Waals surface area contributed by atoms with Gasteiger partial charge in [0.2, 0.25) is 0 Å². The molecule has 5 rings (SSSR count). The van der Waals surface area contributed by atoms with Crippen LogP contribution in [-0.4, -0.2) is 34.1 Å². The van der Waals surface area contributed by atoms with Crippen molar-refractivity contribution in [3.63, 3.8) is 0 Å². The van der Waals surface area contributed by atoms with Crippen molar-refractivity contribution in [2.75, 3.05) is 0 Å². The van der Waals surface area contributed by atoms with Crippen LogP contribution in [0.1, 0.15) is 52.0 Å². The fourth-order valence-electron chi connectivity index (χ4n) is 6.11. The molecule has 4 atom stereocenters. The Kier molecular flexibility index (Phi) is 8.16. The molecule has 0 aliphatic heterocycles. The van der Waals surface area contributed by atoms with Crippen LogP contribution in [0.2, 0.25) is 0 Å². The lowest BCUT2D eigenvalue weighted by atomic mass is 9.80. The zero-order valence-corrected chi connectivity index (χ0v) is 23.9. The highest BCUT2D eigenvalue weighted by Crippen LogP contribution is 2.45. The number of carbonyl (C=O) groups excluding carboxylic acids is 2. The Morgan fingerprint density at radius 1 is 0.690 bits per heavy atom. The highest BCUT2D eigenvalue weighted by molar-refractivity contribution is 6.13. The summed E-state index contributed by atoms with van der Waals surface area (Å²) in [6.07, 6.45) is 5.56. The van der Waals surface area contributed by atoms with E-state index in [2.05, 4.69) is 0 Å². The van der Waals surface area contributed by atoms with Crippen molar-refractivity contribution in [2.24, 2.45) is 23.7 Å². The van der Waals surface area contributed by atoms with Crippen molar-refractivity contribution in [3.8, 4) is 11.5 Å². The number of esters is 2. The van der Waals surface area contributed by atoms with Crippen LogP contribution >= 0.6 is 0 Å². The summed E-state index contributed by atoms with van der Waals surface area (Å²) >= 11 is 0. The fourth-order valence-corrected chi connectivity index (χ4v) is 6.11. The maximum Gasteiger partial charge on any atom is 0.315 e. The first-order valence-corrected chi connectivity index (χ1v) is 14.3. The monoisotopic (exact) mass is 570 g/mol. The standard InChI is InChI=1S/C34H34O8/c1-4-20-11-14-23-26(17-20)30(42-34(40)25-13-10-19(3)16-28(25)32(37)38)22-8-6-5-7-21(22)29(23)41-33(39)24-12-9-18(2)15-27(24)31(35)36/h5-11,14,17,24-25,27-28H,4,12-13,15-16H2,1-3H3,(H,35,36)(H,37,38). The third kappa shape index (κ3) is 5.53. The number of aryl methyl sites for hydroxylation is 1. The van der Waals surface area contributed by atoms with Crippen molar-refractivity contribution in [3.05, 3.63) is 71.3 Å². The summed E-state index contributed by atoms with van der Waals surface area (Å²) in [6.45, 7) is 5.70. The van der Waals surface area contributed by atoms with Crippen molar-refractivity contribution >= 4 is 45.4 Å². The van der Waals surface area contributed by atoms with Crippen molar-refractivity contribution in [1.82, 2.24) is 0 Å². The Morgan fingerprint density at radius 2 is 1.14 bits per heavy atom. The normalized spacial score (nSPS) is 22.3. The molecule has 0 saturated carbocycles. The third-order valence-corrected chi connectivity index (χ3v) is 8.54. The summed E-state index contributed by atoms with van der Waals surface area (Å²) < 4.78 is 12.1. The molecule has 0 spiro atoms. The molecule has 2 N–H and O–H groups in total. The predicted molar refractivity (Wildman–Crippen MR) is 157 cm³/mol. The number of benzene rings is 3. The first-order chi connectivity index (χ1) is 20.1. The Balaban J connectivity index is 1.61. The molecule has 0 bridgehead atoms. The second kappa shape index (κ2) is 11.8. The van der Waals surface area contributed by atoms with Crippen molar-refractivity contribution < 1.29 is 38.9 Å². The number of carboxylic acid groups (broad SMARTS) is 2. The maximum absolute atomic E-state index is 13.6. The highest BCUT2D eigenvalue weighted by atomic mass is 16.5. The van der Waals surface area contributed by atoms with Crippen LogP contribution in [0.5, 0.6) is 11.5 Å². The van der Waals surface area contributed by atoms with E-state index in [9.17, 15) is 29.4 Å². The molecule has 2 aliphatic rings. The highest BCUT2D eigenvalue weighted by Gasteiger charge is 2.39. The summed E-state index contributed by atoms with van der Waals surface area (Å²) in [6, 6.07) is 12.7. The van der Waals surface area contributed by atoms with Gasteiger partial charge in [0.25, 0.3) is 0 Å². The molecule has 2 aliphatic carbocycles. The molecule has 8 heteroatoms. The van der Waals surface area contributed by atoms with Gasteiger partial charge in [0.15, 0.2) is 0 Å². The SMILES string of the molecule is CCc1ccc2c(OC(=O)C3CC=C(C)CC3C(=O)O)c3ccccc3c(OC(=O)C3CC=C(C)CC3C(=O)O)c2c1. The maximum atomic E-state index is 13.6. The van der Waals surface area contributed by atoms with Crippen LogP contribution < -0.4 is 9.47 Å². The van der Waals surface area contributed by atoms with Crippen LogP contribution in [0.15, 0.2) is 65.8 Å². The number of hydrogen-bond donors (Lipinski definition) is 2. The van der Waals surface area contributed by atoms with Gasteiger partial charge in [-0.05, 0) is 57.6 Å². The number of carboxylic acids is 2. The lowest BCUT2D eigenvalue weighted by molar-refractivity contribution is -0.152. The van der Waals surface area contributed by atoms with Crippen LogP contribution in [0.3, 0.4) is 0 Å². The van der Waals surface area contributed by atoms with Crippen LogP contribution in [-0.2, 0) is 25.6 Å². The van der Waals surface area contributed by atoms with E-state index >= 15 is 0 Å². The summed E-state index contributed by atoms with van der Waals surface area (Å²) in [5, 5.41) is 21.8. The Morgan fingerprint density at radius 3 is 1.60 bits per heavy atom. The third-order valence-electron chi connectivity index (χ3n) is 8.54. The summed E-state index contributed by atoms with van der Waals surface area (Å²) in [4.78, 5) is 51.1. The zero-order valence-electron chi connectivity index (χ0n) is 23.9. The quantitative estimate of drug-likeness (QED) is 0.143. The molecule has 8 nitrogen and oxygen atoms in total. The molecule has 42 heavy (non-hydrogen) atoms. The molecule has 0 amide bonds. The van der Waals surface area contributed by atoms with E-state index in [1.165, 1.54) is 0 Å². The van der Waals surface area contributed by atoms with E-state index in [1.54, 1.807) is 24.3 Å². The first-order valence-electron chi connectivity index (χ1n) is 14.3. The largest absolute Gasteiger partial charge is 0.481 e. The smallest absolute Gasteiger partial charge is 0.315 e. The molecular weight excluding hydrogens is 536 g/mol. The number of aliphatic carboxylic acids is 2. The van der Waals surface area contributed by atoms with E-state index in [1.807, 2.05) is 51.1 Å². The minimum atomic E-state index is -1.04. The number of rotatable bonds is 7. The zero-order chi connectivity index (χ0) is 30.1. The molecule has 3 aromatic rings. The van der Waals surface area contributed by atoms with E-state index in [0.29, 0.717) is 28.0 Å². The van der Waals surface area contributed by atoms with Gasteiger partial charge in [-0.1, -0.05) is 66.6 Å². The summed E-state index contributed by atoms with van der Waals surface area (Å²) in [7, 11) is 0. The molecule has 4 unspecified atom stereocenters. The topological polar surface area (TPSA) is 127 Å². The van der Waals surface area contributed by atoms with Gasteiger partial charge in [0.1, 0.15) is 11.5 Å². The molecule has 0 saturated heterocycles. The second-order valence-electron chi connectivity index (χ2n) is 11.4. The number of hydrogen-bond acceptors (Lipinski definition) is 6. The minimum Gasteiger partial charge on any atom is -0.481 e. The van der Waals surface area contributed by atoms with Gasteiger partial charge in [-0.25, -0.2) is 0 Å². The Bertz CT molecular complexity index is 1660. The van der Waals surface area contributed by atoms with E-state index in [4.69, 9.17) is 9.47 Å². The van der Waals surface area contributed by atoms with Crippen molar-refractivity contribution in [1.29, 1.82) is 0 Å². The Hall–Kier alpha value is -4.46. The van der Waals surface area contributed by atoms with Crippen molar-refractivity contribution in [2.45, 2.75) is 52.9 Å². The second-order valence-corrected chi connectivity index (χ2v) is 11.4. The number of fused-ring (bicyclic) bond motifs is 2. The Labute approximate surface area is 243 Å². The predicted octanol–water partition coefficient (Wildman–Crippen LogP) is 6.48. The van der Waals surface area contributed by atoms with Gasteiger partial charge in [0.05, 0.1) is 23.7 Å². The van der Waals surface area contributed by atoms with Crippen LogP contribution in [0.4, 0.5) is 0 Å². The summed E-state index contributed by atoms with van der Waals surface area (Å²) in [5.41, 5.74) is 2.81. The van der Waals surface area contributed by atoms with Gasteiger partial charge in [0, 0.05) is 21.5 Å². The van der Waals surface area contributed by atoms with Gasteiger partial charge in [-0.15, -0.1) is 0 Å². The molecule has 3 aromatic carbocycles. The molecule has 0 fully saturated rings. The van der Waals surface area contributed by atoms with Gasteiger partial charge < -0.3 is 19.7 Å². The average molecular weight is 571 g/mol. The first kappa shape index (κ1) is 29.0. The van der Waals surface area contributed by atoms with Gasteiger partial charge in [-0.3, -0.25) is 19.2 Å². The van der Waals surface area contributed by atoms with E-state index in [0.717, 1.165) is 16.7 Å². The fraction of sp³-hybridized carbons (Fsp3) is 0.353. The van der Waals surface area contributed by atoms with Crippen LogP contribution in [0.25, 0.3) is 21.5 Å². The van der Waals surface area contributed by atoms with E-state index < -0.39 is 47.5 Å². The molecule has 0 heterocycles. The lowest BCUT2D eigenvalue weighted by Gasteiger charge is -2.27. The molecule has 0 aromatic heterocycles. The van der Waals surface area contributed by atoms with Crippen LogP contribution in [0, 0.1) is 23.7 Å². The minimum absolute atomic E-state index is 0.267.